The van der Waals surface area contributed by atoms with Gasteiger partial charge in [-0.2, -0.15) is 0 Å². The Labute approximate surface area is 77.1 Å². The summed E-state index contributed by atoms with van der Waals surface area (Å²) < 4.78 is 0. The Balaban J connectivity index is 3.24. The Morgan fingerprint density at radius 1 is 1.27 bits per heavy atom. The number of benzene rings is 1. The van der Waals surface area contributed by atoms with Gasteiger partial charge in [-0.15, -0.1) is 0 Å². The predicted molar refractivity (Wildman–Crippen MR) is 50.6 cm³/mol. The monoisotopic (exact) mass is 188 g/mol. The molecule has 0 spiro atoms. The van der Waals surface area contributed by atoms with Crippen molar-refractivity contribution >= 4 is 23.2 Å². The van der Waals surface area contributed by atoms with Crippen LogP contribution in [0.4, 0.5) is 0 Å². The average molecular weight is 189 g/mol. The molecule has 0 amide bonds. The zero-order chi connectivity index (χ0) is 8.43. The molecule has 0 N–H and O–H groups in total. The first-order valence-corrected chi connectivity index (χ1v) is 4.35. The van der Waals surface area contributed by atoms with Gasteiger partial charge in [0, 0.05) is 10.0 Å². The molecule has 0 aromatic heterocycles. The van der Waals surface area contributed by atoms with Crippen molar-refractivity contribution in [3.8, 4) is 0 Å². The first kappa shape index (κ1) is 8.89. The van der Waals surface area contributed by atoms with Crippen molar-refractivity contribution < 1.29 is 0 Å². The molecule has 0 radical (unpaired) electrons. The minimum atomic E-state index is 0.720. The van der Waals surface area contributed by atoms with Crippen LogP contribution in [0, 0.1) is 6.92 Å². The summed E-state index contributed by atoms with van der Waals surface area (Å²) in [5, 5.41) is 1.48. The summed E-state index contributed by atoms with van der Waals surface area (Å²) >= 11 is 11.7. The molecule has 2 heteroatoms. The predicted octanol–water partition coefficient (Wildman–Crippen LogP) is 3.86. The normalized spacial score (nSPS) is 10.2. The molecule has 1 aromatic rings. The standard InChI is InChI=1S/C9H10Cl2/c1-3-7-4-8(10)5-9(11)6(7)2/h4-5H,3H2,1-2H3. The molecule has 60 valence electrons. The highest BCUT2D eigenvalue weighted by Gasteiger charge is 2.01. The second-order valence-corrected chi connectivity index (χ2v) is 3.37. The van der Waals surface area contributed by atoms with Crippen molar-refractivity contribution in [1.82, 2.24) is 0 Å². The lowest BCUT2D eigenvalue weighted by molar-refractivity contribution is 1.11. The van der Waals surface area contributed by atoms with E-state index >= 15 is 0 Å². The quantitative estimate of drug-likeness (QED) is 0.629. The van der Waals surface area contributed by atoms with E-state index in [1.54, 1.807) is 6.07 Å². The Kier molecular flexibility index (Phi) is 2.80. The fourth-order valence-electron chi connectivity index (χ4n) is 1.07. The highest BCUT2D eigenvalue weighted by Crippen LogP contribution is 2.24. The molecule has 1 rings (SSSR count). The third kappa shape index (κ3) is 1.88. The Morgan fingerprint density at radius 3 is 2.45 bits per heavy atom. The van der Waals surface area contributed by atoms with E-state index in [1.807, 2.05) is 13.0 Å². The molecular formula is C9H10Cl2. The SMILES string of the molecule is CCc1cc(Cl)cc(Cl)c1C. The second kappa shape index (κ2) is 3.46. The number of rotatable bonds is 1. The van der Waals surface area contributed by atoms with E-state index in [9.17, 15) is 0 Å². The van der Waals surface area contributed by atoms with Crippen LogP contribution >= 0.6 is 23.2 Å². The van der Waals surface area contributed by atoms with Crippen LogP contribution in [0.3, 0.4) is 0 Å². The maximum Gasteiger partial charge on any atom is 0.0452 e. The van der Waals surface area contributed by atoms with Crippen LogP contribution < -0.4 is 0 Å². The van der Waals surface area contributed by atoms with E-state index in [2.05, 4.69) is 6.92 Å². The van der Waals surface area contributed by atoms with Crippen LogP contribution in [0.1, 0.15) is 18.1 Å². The first-order valence-electron chi connectivity index (χ1n) is 3.59. The van der Waals surface area contributed by atoms with Gasteiger partial charge in [-0.05, 0) is 36.6 Å². The minimum absolute atomic E-state index is 0.720. The van der Waals surface area contributed by atoms with Gasteiger partial charge in [0.1, 0.15) is 0 Å². The molecule has 0 bridgehead atoms. The van der Waals surface area contributed by atoms with Crippen LogP contribution in [-0.2, 0) is 6.42 Å². The third-order valence-corrected chi connectivity index (χ3v) is 2.41. The summed E-state index contributed by atoms with van der Waals surface area (Å²) in [6.45, 7) is 4.10. The molecule has 0 aliphatic carbocycles. The number of halogens is 2. The largest absolute Gasteiger partial charge is 0.0843 e. The Hall–Kier alpha value is -0.200. The zero-order valence-corrected chi connectivity index (χ0v) is 8.13. The molecule has 0 saturated carbocycles. The molecule has 0 aliphatic rings. The van der Waals surface area contributed by atoms with E-state index in [0.717, 1.165) is 22.0 Å². The number of hydrogen-bond donors (Lipinski definition) is 0. The molecule has 11 heavy (non-hydrogen) atoms. The van der Waals surface area contributed by atoms with Crippen molar-refractivity contribution in [2.45, 2.75) is 20.3 Å². The minimum Gasteiger partial charge on any atom is -0.0843 e. The van der Waals surface area contributed by atoms with Gasteiger partial charge < -0.3 is 0 Å². The summed E-state index contributed by atoms with van der Waals surface area (Å²) in [6, 6.07) is 3.74. The molecule has 0 atom stereocenters. The van der Waals surface area contributed by atoms with Gasteiger partial charge in [0.15, 0.2) is 0 Å². The van der Waals surface area contributed by atoms with Crippen LogP contribution in [0.15, 0.2) is 12.1 Å². The smallest absolute Gasteiger partial charge is 0.0452 e. The summed E-state index contributed by atoms with van der Waals surface area (Å²) in [5.41, 5.74) is 2.36. The Morgan fingerprint density at radius 2 is 1.91 bits per heavy atom. The Bertz CT molecular complexity index is 267. The molecule has 0 aliphatic heterocycles. The maximum absolute atomic E-state index is 5.91. The van der Waals surface area contributed by atoms with Crippen molar-refractivity contribution in [2.24, 2.45) is 0 Å². The summed E-state index contributed by atoms with van der Waals surface area (Å²) in [7, 11) is 0. The van der Waals surface area contributed by atoms with Crippen LogP contribution in [-0.4, -0.2) is 0 Å². The van der Waals surface area contributed by atoms with E-state index < -0.39 is 0 Å². The maximum atomic E-state index is 5.91. The molecule has 0 fully saturated rings. The summed E-state index contributed by atoms with van der Waals surface area (Å²) in [4.78, 5) is 0. The van der Waals surface area contributed by atoms with E-state index in [1.165, 1.54) is 5.56 Å². The summed E-state index contributed by atoms with van der Waals surface area (Å²) in [5.74, 6) is 0. The molecule has 0 heterocycles. The van der Waals surface area contributed by atoms with Gasteiger partial charge in [0.25, 0.3) is 0 Å². The van der Waals surface area contributed by atoms with Crippen LogP contribution in [0.2, 0.25) is 10.0 Å². The lowest BCUT2D eigenvalue weighted by atomic mass is 10.1. The van der Waals surface area contributed by atoms with Gasteiger partial charge in [0.05, 0.1) is 0 Å². The highest BCUT2D eigenvalue weighted by atomic mass is 35.5. The average Bonchev–Trinajstić information content (AvgIpc) is 1.96. The van der Waals surface area contributed by atoms with Gasteiger partial charge in [-0.1, -0.05) is 30.1 Å². The van der Waals surface area contributed by atoms with E-state index in [4.69, 9.17) is 23.2 Å². The molecule has 0 unspecified atom stereocenters. The fraction of sp³-hybridized carbons (Fsp3) is 0.333. The first-order chi connectivity index (χ1) is 5.15. The van der Waals surface area contributed by atoms with Crippen LogP contribution in [0.5, 0.6) is 0 Å². The van der Waals surface area contributed by atoms with E-state index in [0.29, 0.717) is 0 Å². The van der Waals surface area contributed by atoms with E-state index in [-0.39, 0.29) is 0 Å². The number of hydrogen-bond acceptors (Lipinski definition) is 0. The van der Waals surface area contributed by atoms with Crippen molar-refractivity contribution in [3.63, 3.8) is 0 Å². The van der Waals surface area contributed by atoms with Crippen molar-refractivity contribution in [3.05, 3.63) is 33.3 Å². The molecule has 0 saturated heterocycles. The van der Waals surface area contributed by atoms with Gasteiger partial charge in [-0.25, -0.2) is 0 Å². The topological polar surface area (TPSA) is 0 Å². The fourth-order valence-corrected chi connectivity index (χ4v) is 1.60. The van der Waals surface area contributed by atoms with Crippen LogP contribution in [0.25, 0.3) is 0 Å². The van der Waals surface area contributed by atoms with Crippen molar-refractivity contribution in [1.29, 1.82) is 0 Å². The zero-order valence-electron chi connectivity index (χ0n) is 6.62. The highest BCUT2D eigenvalue weighted by molar-refractivity contribution is 6.35. The third-order valence-electron chi connectivity index (χ3n) is 1.80. The van der Waals surface area contributed by atoms with Crippen molar-refractivity contribution in [2.75, 3.05) is 0 Å². The molecular weight excluding hydrogens is 179 g/mol. The van der Waals surface area contributed by atoms with Gasteiger partial charge >= 0.3 is 0 Å². The molecule has 0 nitrogen and oxygen atoms in total. The van der Waals surface area contributed by atoms with Gasteiger partial charge in [0.2, 0.25) is 0 Å². The summed E-state index contributed by atoms with van der Waals surface area (Å²) in [6.07, 6.45) is 0.978. The van der Waals surface area contributed by atoms with Gasteiger partial charge in [-0.3, -0.25) is 0 Å². The second-order valence-electron chi connectivity index (χ2n) is 2.53. The number of aryl methyl sites for hydroxylation is 1. The lowest BCUT2D eigenvalue weighted by Gasteiger charge is -2.04. The molecule has 1 aromatic carbocycles. The lowest BCUT2D eigenvalue weighted by Crippen LogP contribution is -1.86.